The van der Waals surface area contributed by atoms with Gasteiger partial charge in [0.15, 0.2) is 0 Å². The Morgan fingerprint density at radius 2 is 1.90 bits per heavy atom. The highest BCUT2D eigenvalue weighted by Crippen LogP contribution is 2.27. The second kappa shape index (κ2) is 6.43. The van der Waals surface area contributed by atoms with E-state index in [0.717, 1.165) is 5.56 Å². The van der Waals surface area contributed by atoms with E-state index in [0.29, 0.717) is 13.1 Å². The van der Waals surface area contributed by atoms with Crippen molar-refractivity contribution in [2.45, 2.75) is 32.2 Å². The molecular weight excluding hydrogens is 296 g/mol. The zero-order chi connectivity index (χ0) is 15.6. The van der Waals surface area contributed by atoms with Gasteiger partial charge in [-0.05, 0) is 30.2 Å². The fraction of sp³-hybridized carbons (Fsp3) is 0.571. The number of benzene rings is 1. The molecule has 1 N–H and O–H groups in total. The third kappa shape index (κ3) is 4.45. The molecule has 0 unspecified atom stereocenters. The van der Waals surface area contributed by atoms with E-state index in [9.17, 15) is 8.42 Å². The number of nitrogens with one attached hydrogen (secondary N) is 1. The second-order valence-electron chi connectivity index (χ2n) is 6.12. The molecule has 0 aliphatic rings. The molecule has 0 aromatic heterocycles. The van der Waals surface area contributed by atoms with Crippen molar-refractivity contribution in [2.75, 3.05) is 20.6 Å². The van der Waals surface area contributed by atoms with E-state index >= 15 is 0 Å². The summed E-state index contributed by atoms with van der Waals surface area (Å²) in [6.45, 7) is 7.03. The topological polar surface area (TPSA) is 49.4 Å². The molecule has 1 rings (SSSR count). The van der Waals surface area contributed by atoms with Crippen molar-refractivity contribution in [1.82, 2.24) is 9.62 Å². The minimum atomic E-state index is -3.57. The van der Waals surface area contributed by atoms with Crippen LogP contribution in [-0.4, -0.2) is 33.4 Å². The highest BCUT2D eigenvalue weighted by molar-refractivity contribution is 7.89. The molecule has 0 bridgehead atoms. The fourth-order valence-corrected chi connectivity index (χ4v) is 3.90. The Morgan fingerprint density at radius 3 is 2.40 bits per heavy atom. The Morgan fingerprint density at radius 1 is 1.30 bits per heavy atom. The van der Waals surface area contributed by atoms with Crippen molar-refractivity contribution in [3.8, 4) is 0 Å². The van der Waals surface area contributed by atoms with Crippen LogP contribution in [0.2, 0.25) is 5.02 Å². The average molecular weight is 319 g/mol. The first-order valence-corrected chi connectivity index (χ1v) is 8.29. The number of hydrogen-bond donors (Lipinski definition) is 1. The standard InChI is InChI=1S/C14H23ClN2O2S/c1-14(2,3)10-17(5)20(18,19)13-8-11(9-16-4)6-7-12(13)15/h6-8,16H,9-10H2,1-5H3. The van der Waals surface area contributed by atoms with Crippen molar-refractivity contribution in [2.24, 2.45) is 5.41 Å². The van der Waals surface area contributed by atoms with Crippen molar-refractivity contribution in [3.05, 3.63) is 28.8 Å². The Balaban J connectivity index is 3.17. The molecule has 20 heavy (non-hydrogen) atoms. The minimum absolute atomic E-state index is 0.114. The van der Waals surface area contributed by atoms with E-state index in [1.165, 1.54) is 4.31 Å². The monoisotopic (exact) mass is 318 g/mol. The summed E-state index contributed by atoms with van der Waals surface area (Å²) in [4.78, 5) is 0.165. The molecule has 0 saturated heterocycles. The van der Waals surface area contributed by atoms with Crippen LogP contribution in [0.3, 0.4) is 0 Å². The van der Waals surface area contributed by atoms with Crippen molar-refractivity contribution in [3.63, 3.8) is 0 Å². The first-order chi connectivity index (χ1) is 9.08. The van der Waals surface area contributed by atoms with Crippen LogP contribution < -0.4 is 5.32 Å². The molecule has 6 heteroatoms. The predicted molar refractivity (Wildman–Crippen MR) is 83.5 cm³/mol. The van der Waals surface area contributed by atoms with Crippen molar-refractivity contribution < 1.29 is 8.42 Å². The Hall–Kier alpha value is -0.620. The van der Waals surface area contributed by atoms with Crippen LogP contribution in [0.15, 0.2) is 23.1 Å². The van der Waals surface area contributed by atoms with Gasteiger partial charge in [0.1, 0.15) is 4.90 Å². The maximum atomic E-state index is 12.6. The van der Waals surface area contributed by atoms with Gasteiger partial charge in [-0.2, -0.15) is 0 Å². The number of halogens is 1. The average Bonchev–Trinajstić information content (AvgIpc) is 2.29. The van der Waals surface area contributed by atoms with E-state index in [-0.39, 0.29) is 15.3 Å². The van der Waals surface area contributed by atoms with Gasteiger partial charge in [0, 0.05) is 20.1 Å². The maximum Gasteiger partial charge on any atom is 0.244 e. The summed E-state index contributed by atoms with van der Waals surface area (Å²) in [5.41, 5.74) is 0.774. The van der Waals surface area contributed by atoms with Crippen LogP contribution in [0.1, 0.15) is 26.3 Å². The zero-order valence-corrected chi connectivity index (χ0v) is 14.3. The van der Waals surface area contributed by atoms with Gasteiger partial charge in [0.2, 0.25) is 10.0 Å². The minimum Gasteiger partial charge on any atom is -0.316 e. The fourth-order valence-electron chi connectivity index (χ4n) is 1.98. The molecule has 1 aromatic carbocycles. The molecule has 0 radical (unpaired) electrons. The second-order valence-corrected chi connectivity index (χ2v) is 8.54. The Kier molecular flexibility index (Phi) is 5.61. The summed E-state index contributed by atoms with van der Waals surface area (Å²) < 4.78 is 26.6. The van der Waals surface area contributed by atoms with Gasteiger partial charge in [-0.3, -0.25) is 0 Å². The largest absolute Gasteiger partial charge is 0.316 e. The van der Waals surface area contributed by atoms with Crippen LogP contribution in [0, 0.1) is 5.41 Å². The highest BCUT2D eigenvalue weighted by atomic mass is 35.5. The molecule has 0 aliphatic carbocycles. The molecule has 0 saturated carbocycles. The molecule has 0 atom stereocenters. The van der Waals surface area contributed by atoms with Gasteiger partial charge >= 0.3 is 0 Å². The lowest BCUT2D eigenvalue weighted by Gasteiger charge is -2.26. The zero-order valence-electron chi connectivity index (χ0n) is 12.7. The van der Waals surface area contributed by atoms with Crippen LogP contribution >= 0.6 is 11.6 Å². The Bertz CT molecular complexity index is 565. The summed E-state index contributed by atoms with van der Waals surface area (Å²) >= 11 is 6.07. The van der Waals surface area contributed by atoms with E-state index in [2.05, 4.69) is 5.32 Å². The molecule has 0 aliphatic heterocycles. The van der Waals surface area contributed by atoms with Crippen LogP contribution in [-0.2, 0) is 16.6 Å². The smallest absolute Gasteiger partial charge is 0.244 e. The maximum absolute atomic E-state index is 12.6. The Labute approximate surface area is 127 Å². The normalized spacial score (nSPS) is 12.9. The van der Waals surface area contributed by atoms with E-state index in [1.807, 2.05) is 33.9 Å². The van der Waals surface area contributed by atoms with Gasteiger partial charge in [-0.1, -0.05) is 38.4 Å². The molecule has 0 heterocycles. The lowest BCUT2D eigenvalue weighted by atomic mass is 9.97. The third-order valence-electron chi connectivity index (χ3n) is 2.76. The van der Waals surface area contributed by atoms with Gasteiger partial charge in [0.25, 0.3) is 0 Å². The quantitative estimate of drug-likeness (QED) is 0.908. The van der Waals surface area contributed by atoms with Gasteiger partial charge in [-0.25, -0.2) is 12.7 Å². The molecule has 0 spiro atoms. The van der Waals surface area contributed by atoms with E-state index < -0.39 is 10.0 Å². The summed E-state index contributed by atoms with van der Waals surface area (Å²) in [5, 5.41) is 3.25. The molecule has 114 valence electrons. The summed E-state index contributed by atoms with van der Waals surface area (Å²) in [5.74, 6) is 0. The number of hydrogen-bond acceptors (Lipinski definition) is 3. The highest BCUT2D eigenvalue weighted by Gasteiger charge is 2.27. The summed E-state index contributed by atoms with van der Waals surface area (Å²) in [7, 11) is -0.171. The predicted octanol–water partition coefficient (Wildman–Crippen LogP) is 2.73. The van der Waals surface area contributed by atoms with Crippen molar-refractivity contribution in [1.29, 1.82) is 0 Å². The number of sulfonamides is 1. The van der Waals surface area contributed by atoms with Crippen molar-refractivity contribution >= 4 is 21.6 Å². The van der Waals surface area contributed by atoms with Crippen LogP contribution in [0.25, 0.3) is 0 Å². The lowest BCUT2D eigenvalue weighted by molar-refractivity contribution is 0.311. The van der Waals surface area contributed by atoms with Gasteiger partial charge < -0.3 is 5.32 Å². The number of nitrogens with zero attached hydrogens (tertiary/aromatic N) is 1. The van der Waals surface area contributed by atoms with Gasteiger partial charge in [0.05, 0.1) is 5.02 Å². The first kappa shape index (κ1) is 17.4. The van der Waals surface area contributed by atoms with Crippen LogP contribution in [0.4, 0.5) is 0 Å². The van der Waals surface area contributed by atoms with E-state index in [4.69, 9.17) is 11.6 Å². The SMILES string of the molecule is CNCc1ccc(Cl)c(S(=O)(=O)N(C)CC(C)(C)C)c1. The molecule has 0 amide bonds. The summed E-state index contributed by atoms with van der Waals surface area (Å²) in [6.07, 6.45) is 0. The first-order valence-electron chi connectivity index (χ1n) is 6.47. The third-order valence-corrected chi connectivity index (χ3v) is 5.05. The lowest BCUT2D eigenvalue weighted by Crippen LogP contribution is -2.34. The van der Waals surface area contributed by atoms with Crippen LogP contribution in [0.5, 0.6) is 0 Å². The molecule has 0 fully saturated rings. The number of rotatable bonds is 5. The molecule has 4 nitrogen and oxygen atoms in total. The van der Waals surface area contributed by atoms with E-state index in [1.54, 1.807) is 19.2 Å². The molecular formula is C14H23ClN2O2S. The molecule has 1 aromatic rings. The van der Waals surface area contributed by atoms with Gasteiger partial charge in [-0.15, -0.1) is 0 Å². The summed E-state index contributed by atoms with van der Waals surface area (Å²) in [6, 6.07) is 5.08.